The maximum atomic E-state index is 12.7. The molecule has 140 valence electrons. The van der Waals surface area contributed by atoms with E-state index in [0.29, 0.717) is 22.4 Å². The van der Waals surface area contributed by atoms with E-state index in [2.05, 4.69) is 5.16 Å². The van der Waals surface area contributed by atoms with Gasteiger partial charge < -0.3 is 18.8 Å². The monoisotopic (exact) mass is 377 g/mol. The molecule has 2 aromatic carbocycles. The molecule has 28 heavy (non-hydrogen) atoms. The van der Waals surface area contributed by atoms with Crippen LogP contribution in [0.25, 0.3) is 22.2 Å². The van der Waals surface area contributed by atoms with Crippen molar-refractivity contribution in [1.82, 2.24) is 5.16 Å². The predicted octanol–water partition coefficient (Wildman–Crippen LogP) is 3.82. The minimum atomic E-state index is -0.613. The molecule has 0 bridgehead atoms. The van der Waals surface area contributed by atoms with Crippen LogP contribution in [0.4, 0.5) is 0 Å². The lowest BCUT2D eigenvalue weighted by atomic mass is 10.1. The fraction of sp³-hybridized carbons (Fsp3) is 0.0952. The highest BCUT2D eigenvalue weighted by Gasteiger charge is 2.23. The van der Waals surface area contributed by atoms with Gasteiger partial charge >= 0.3 is 11.6 Å². The molecule has 0 unspecified atom stereocenters. The molecule has 0 radical (unpaired) electrons. The molecule has 2 heterocycles. The van der Waals surface area contributed by atoms with Gasteiger partial charge in [0.25, 0.3) is 0 Å². The van der Waals surface area contributed by atoms with Crippen molar-refractivity contribution < 1.29 is 23.6 Å². The fourth-order valence-corrected chi connectivity index (χ4v) is 2.96. The van der Waals surface area contributed by atoms with Crippen molar-refractivity contribution in [2.45, 2.75) is 13.5 Å². The van der Waals surface area contributed by atoms with E-state index in [1.165, 1.54) is 18.2 Å². The van der Waals surface area contributed by atoms with Gasteiger partial charge in [-0.2, -0.15) is 0 Å². The molecule has 0 spiro atoms. The van der Waals surface area contributed by atoms with E-state index in [1.54, 1.807) is 13.0 Å². The molecule has 7 heteroatoms. The first-order chi connectivity index (χ1) is 13.5. The van der Waals surface area contributed by atoms with Gasteiger partial charge in [-0.3, -0.25) is 0 Å². The molecule has 2 aromatic heterocycles. The molecule has 0 aliphatic carbocycles. The minimum Gasteiger partial charge on any atom is -0.508 e. The highest BCUT2D eigenvalue weighted by Crippen LogP contribution is 2.27. The van der Waals surface area contributed by atoms with E-state index in [-0.39, 0.29) is 23.5 Å². The first-order valence-electron chi connectivity index (χ1n) is 8.47. The van der Waals surface area contributed by atoms with Crippen LogP contribution in [0, 0.1) is 6.92 Å². The van der Waals surface area contributed by atoms with Crippen LogP contribution < -0.4 is 5.63 Å². The van der Waals surface area contributed by atoms with Crippen molar-refractivity contribution in [2.24, 2.45) is 0 Å². The van der Waals surface area contributed by atoms with Gasteiger partial charge in [0.1, 0.15) is 35.0 Å². The summed E-state index contributed by atoms with van der Waals surface area (Å²) in [6, 6.07) is 14.8. The van der Waals surface area contributed by atoms with Gasteiger partial charge in [0.05, 0.1) is 0 Å². The van der Waals surface area contributed by atoms with E-state index in [4.69, 9.17) is 13.7 Å². The molecule has 0 amide bonds. The second kappa shape index (κ2) is 7.03. The van der Waals surface area contributed by atoms with Gasteiger partial charge in [0.2, 0.25) is 0 Å². The summed E-state index contributed by atoms with van der Waals surface area (Å²) in [5, 5.41) is 14.1. The number of aryl methyl sites for hydroxylation is 1. The zero-order valence-electron chi connectivity index (χ0n) is 14.8. The zero-order valence-corrected chi connectivity index (χ0v) is 14.8. The summed E-state index contributed by atoms with van der Waals surface area (Å²) >= 11 is 0. The topological polar surface area (TPSA) is 103 Å². The van der Waals surface area contributed by atoms with E-state index < -0.39 is 11.6 Å². The number of aromatic nitrogens is 1. The standard InChI is InChI=1S/C21H15NO6/c1-12-19(20(22-28-12)13-5-3-2-4-6-13)21(25)26-11-14-9-18(24)27-17-10-15(23)7-8-16(14)17/h2-10,23H,11H2,1H3. The summed E-state index contributed by atoms with van der Waals surface area (Å²) in [6.45, 7) is 1.48. The average molecular weight is 377 g/mol. The van der Waals surface area contributed by atoms with Crippen molar-refractivity contribution in [3.05, 3.63) is 81.9 Å². The molecule has 4 rings (SSSR count). The number of carbonyl (C=O) groups excluding carboxylic acids is 1. The van der Waals surface area contributed by atoms with Gasteiger partial charge in [-0.25, -0.2) is 9.59 Å². The summed E-state index contributed by atoms with van der Waals surface area (Å²) < 4.78 is 15.7. The number of ether oxygens (including phenoxy) is 1. The lowest BCUT2D eigenvalue weighted by Gasteiger charge is -2.08. The van der Waals surface area contributed by atoms with Gasteiger partial charge in [-0.05, 0) is 19.1 Å². The minimum absolute atomic E-state index is 0.0302. The van der Waals surface area contributed by atoms with Crippen molar-refractivity contribution >= 4 is 16.9 Å². The summed E-state index contributed by atoms with van der Waals surface area (Å²) in [7, 11) is 0. The molecule has 0 saturated heterocycles. The number of aromatic hydroxyl groups is 1. The van der Waals surface area contributed by atoms with Crippen LogP contribution in [0.3, 0.4) is 0 Å². The molecule has 0 saturated carbocycles. The summed E-state index contributed by atoms with van der Waals surface area (Å²) in [5.74, 6) is -0.304. The molecule has 7 nitrogen and oxygen atoms in total. The van der Waals surface area contributed by atoms with Gasteiger partial charge in [-0.15, -0.1) is 0 Å². The van der Waals surface area contributed by atoms with Crippen LogP contribution in [0.1, 0.15) is 21.7 Å². The van der Waals surface area contributed by atoms with Gasteiger partial charge in [-0.1, -0.05) is 35.5 Å². The van der Waals surface area contributed by atoms with Crippen molar-refractivity contribution in [3.8, 4) is 17.0 Å². The Hall–Kier alpha value is -3.87. The van der Waals surface area contributed by atoms with Crippen molar-refractivity contribution in [3.63, 3.8) is 0 Å². The molecule has 0 aliphatic heterocycles. The Morgan fingerprint density at radius 3 is 2.71 bits per heavy atom. The zero-order chi connectivity index (χ0) is 19.7. The van der Waals surface area contributed by atoms with Gasteiger partial charge in [0.15, 0.2) is 0 Å². The van der Waals surface area contributed by atoms with E-state index in [1.807, 2.05) is 30.3 Å². The third-order valence-corrected chi connectivity index (χ3v) is 4.29. The number of hydrogen-bond acceptors (Lipinski definition) is 7. The van der Waals surface area contributed by atoms with E-state index in [9.17, 15) is 14.7 Å². The van der Waals surface area contributed by atoms with Crippen LogP contribution >= 0.6 is 0 Å². The number of phenols is 1. The van der Waals surface area contributed by atoms with Crippen LogP contribution in [0.2, 0.25) is 0 Å². The Balaban J connectivity index is 1.64. The lowest BCUT2D eigenvalue weighted by molar-refractivity contribution is 0.0472. The maximum Gasteiger partial charge on any atom is 0.344 e. The highest BCUT2D eigenvalue weighted by atomic mass is 16.5. The summed E-state index contributed by atoms with van der Waals surface area (Å²) in [6.07, 6.45) is 0. The summed E-state index contributed by atoms with van der Waals surface area (Å²) in [4.78, 5) is 24.5. The number of carbonyl (C=O) groups is 1. The Morgan fingerprint density at radius 1 is 1.14 bits per heavy atom. The van der Waals surface area contributed by atoms with Crippen LogP contribution in [0.5, 0.6) is 5.75 Å². The number of esters is 1. The molecule has 4 aromatic rings. The SMILES string of the molecule is Cc1onc(-c2ccccc2)c1C(=O)OCc1cc(=O)oc2cc(O)ccc12. The quantitative estimate of drug-likeness (QED) is 0.426. The molecule has 0 fully saturated rings. The Morgan fingerprint density at radius 2 is 1.93 bits per heavy atom. The maximum absolute atomic E-state index is 12.7. The Labute approximate surface area is 158 Å². The normalized spacial score (nSPS) is 10.9. The number of fused-ring (bicyclic) bond motifs is 1. The Bertz CT molecular complexity index is 1220. The molecule has 0 atom stereocenters. The molecular formula is C21H15NO6. The van der Waals surface area contributed by atoms with Gasteiger partial charge in [0, 0.05) is 28.6 Å². The Kier molecular flexibility index (Phi) is 4.41. The van der Waals surface area contributed by atoms with Crippen molar-refractivity contribution in [2.75, 3.05) is 0 Å². The predicted molar refractivity (Wildman–Crippen MR) is 99.9 cm³/mol. The highest BCUT2D eigenvalue weighted by molar-refractivity contribution is 5.97. The van der Waals surface area contributed by atoms with E-state index >= 15 is 0 Å². The second-order valence-electron chi connectivity index (χ2n) is 6.18. The number of benzene rings is 2. The first-order valence-corrected chi connectivity index (χ1v) is 8.47. The fourth-order valence-electron chi connectivity index (χ4n) is 2.96. The van der Waals surface area contributed by atoms with Crippen molar-refractivity contribution in [1.29, 1.82) is 0 Å². The third kappa shape index (κ3) is 3.25. The summed E-state index contributed by atoms with van der Waals surface area (Å²) in [5.41, 5.74) is 1.43. The first kappa shape index (κ1) is 17.5. The molecule has 0 aliphatic rings. The number of phenolic OH excluding ortho intramolecular Hbond substituents is 1. The largest absolute Gasteiger partial charge is 0.508 e. The van der Waals surface area contributed by atoms with Crippen LogP contribution in [0.15, 0.2) is 68.3 Å². The smallest absolute Gasteiger partial charge is 0.344 e. The molecular weight excluding hydrogens is 362 g/mol. The van der Waals surface area contributed by atoms with Crippen LogP contribution in [-0.2, 0) is 11.3 Å². The number of rotatable bonds is 4. The average Bonchev–Trinajstić information content (AvgIpc) is 3.07. The van der Waals surface area contributed by atoms with Crippen LogP contribution in [-0.4, -0.2) is 16.2 Å². The number of nitrogens with zero attached hydrogens (tertiary/aromatic N) is 1. The lowest BCUT2D eigenvalue weighted by Crippen LogP contribution is -2.09. The second-order valence-corrected chi connectivity index (χ2v) is 6.18. The van der Waals surface area contributed by atoms with E-state index in [0.717, 1.165) is 5.56 Å². The molecule has 1 N–H and O–H groups in total. The number of hydrogen-bond donors (Lipinski definition) is 1. The third-order valence-electron chi connectivity index (χ3n) is 4.29.